The van der Waals surface area contributed by atoms with Crippen LogP contribution < -0.4 is 0 Å². The van der Waals surface area contributed by atoms with Crippen molar-refractivity contribution in [1.82, 2.24) is 0 Å². The van der Waals surface area contributed by atoms with Crippen molar-refractivity contribution in [3.05, 3.63) is 146 Å². The summed E-state index contributed by atoms with van der Waals surface area (Å²) in [6.07, 6.45) is 3.45. The Kier molecular flexibility index (Phi) is 5.25. The molecule has 10 aromatic rings. The minimum absolute atomic E-state index is 0.848. The Hall–Kier alpha value is -6.26. The lowest BCUT2D eigenvalue weighted by Crippen LogP contribution is -1.79. The van der Waals surface area contributed by atoms with Gasteiger partial charge >= 0.3 is 0 Å². The van der Waals surface area contributed by atoms with Gasteiger partial charge in [-0.2, -0.15) is 0 Å². The van der Waals surface area contributed by atoms with Crippen LogP contribution in [-0.4, -0.2) is 0 Å². The number of benzene rings is 6. The summed E-state index contributed by atoms with van der Waals surface area (Å²) in [5, 5.41) is 6.55. The van der Waals surface area contributed by atoms with Crippen molar-refractivity contribution < 1.29 is 17.7 Å². The minimum atomic E-state index is 0.848. The molecule has 4 aromatic heterocycles. The van der Waals surface area contributed by atoms with Crippen LogP contribution in [0.25, 0.3) is 99.6 Å². The summed E-state index contributed by atoms with van der Waals surface area (Å²) in [6, 6.07) is 46.4. The molecular weight excluding hydrogens is 568 g/mol. The highest BCUT2D eigenvalue weighted by molar-refractivity contribution is 6.04. The summed E-state index contributed by atoms with van der Waals surface area (Å²) in [4.78, 5) is 0. The van der Waals surface area contributed by atoms with Gasteiger partial charge in [-0.3, -0.25) is 0 Å². The first-order chi connectivity index (χ1) is 22.7. The number of hydrogen-bond acceptors (Lipinski definition) is 4. The normalized spacial score (nSPS) is 11.9. The fourth-order valence-corrected chi connectivity index (χ4v) is 6.55. The lowest BCUT2D eigenvalue weighted by molar-refractivity contribution is 0.615. The molecule has 0 spiro atoms. The van der Waals surface area contributed by atoms with Gasteiger partial charge in [0.25, 0.3) is 0 Å². The van der Waals surface area contributed by atoms with E-state index in [0.717, 1.165) is 99.6 Å². The van der Waals surface area contributed by atoms with Crippen LogP contribution in [0.15, 0.2) is 164 Å². The molecule has 46 heavy (non-hydrogen) atoms. The quantitative estimate of drug-likeness (QED) is 0.204. The number of hydrogen-bond donors (Lipinski definition) is 0. The van der Waals surface area contributed by atoms with Gasteiger partial charge in [-0.25, -0.2) is 0 Å². The van der Waals surface area contributed by atoms with Crippen LogP contribution in [0.2, 0.25) is 0 Å². The maximum absolute atomic E-state index is 6.37. The van der Waals surface area contributed by atoms with Crippen molar-refractivity contribution in [2.45, 2.75) is 0 Å². The molecule has 0 bridgehead atoms. The molecule has 0 radical (unpaired) electrons. The van der Waals surface area contributed by atoms with Crippen LogP contribution in [-0.2, 0) is 0 Å². The van der Waals surface area contributed by atoms with E-state index in [4.69, 9.17) is 17.7 Å². The van der Waals surface area contributed by atoms with Crippen molar-refractivity contribution in [3.63, 3.8) is 0 Å². The van der Waals surface area contributed by atoms with Gasteiger partial charge in [-0.1, -0.05) is 60.7 Å². The Morgan fingerprint density at radius 1 is 0.261 bits per heavy atom. The molecule has 0 amide bonds. The first kappa shape index (κ1) is 25.1. The third kappa shape index (κ3) is 4.08. The second-order valence-corrected chi connectivity index (χ2v) is 11.8. The van der Waals surface area contributed by atoms with E-state index in [0.29, 0.717) is 0 Å². The fraction of sp³-hybridized carbons (Fsp3) is 0. The minimum Gasteiger partial charge on any atom is -0.464 e. The third-order valence-electron chi connectivity index (χ3n) is 9.02. The lowest BCUT2D eigenvalue weighted by atomic mass is 10.0. The highest BCUT2D eigenvalue weighted by atomic mass is 16.3. The smallest absolute Gasteiger partial charge is 0.135 e. The van der Waals surface area contributed by atoms with Crippen molar-refractivity contribution in [2.75, 3.05) is 0 Å². The largest absolute Gasteiger partial charge is 0.464 e. The average molecular weight is 593 g/mol. The van der Waals surface area contributed by atoms with E-state index in [1.807, 2.05) is 24.3 Å². The summed E-state index contributed by atoms with van der Waals surface area (Å²) < 4.78 is 23.7. The Balaban J connectivity index is 0.947. The van der Waals surface area contributed by atoms with Crippen LogP contribution in [0.4, 0.5) is 0 Å². The van der Waals surface area contributed by atoms with E-state index in [1.165, 1.54) is 0 Å². The monoisotopic (exact) mass is 592 g/mol. The molecule has 216 valence electrons. The SMILES string of the molecule is c1cc2cc(-c3ccc(-c4cc5cc6cc7oc(-c8ccc(-c9ccc%10occc%10c9)cc8)cc7cc6cc5o4)cc3)ccc2o1. The fourth-order valence-electron chi connectivity index (χ4n) is 6.55. The Bertz CT molecular complexity index is 2470. The molecule has 0 saturated carbocycles. The third-order valence-corrected chi connectivity index (χ3v) is 9.02. The summed E-state index contributed by atoms with van der Waals surface area (Å²) in [6.45, 7) is 0. The summed E-state index contributed by atoms with van der Waals surface area (Å²) in [5.74, 6) is 1.70. The summed E-state index contributed by atoms with van der Waals surface area (Å²) >= 11 is 0. The zero-order valence-electron chi connectivity index (χ0n) is 24.5. The zero-order valence-corrected chi connectivity index (χ0v) is 24.5. The average Bonchev–Trinajstić information content (AvgIpc) is 3.91. The molecule has 4 heteroatoms. The molecule has 0 atom stereocenters. The van der Waals surface area contributed by atoms with Crippen LogP contribution in [0.1, 0.15) is 0 Å². The molecule has 4 heterocycles. The molecule has 4 nitrogen and oxygen atoms in total. The molecule has 0 N–H and O–H groups in total. The van der Waals surface area contributed by atoms with Crippen LogP contribution in [0.3, 0.4) is 0 Å². The Morgan fingerprint density at radius 2 is 0.674 bits per heavy atom. The van der Waals surface area contributed by atoms with Crippen molar-refractivity contribution >= 4 is 54.6 Å². The van der Waals surface area contributed by atoms with Crippen molar-refractivity contribution in [1.29, 1.82) is 0 Å². The van der Waals surface area contributed by atoms with E-state index in [-0.39, 0.29) is 0 Å². The Morgan fingerprint density at radius 3 is 1.13 bits per heavy atom. The molecule has 0 aliphatic rings. The zero-order chi connectivity index (χ0) is 30.2. The second-order valence-electron chi connectivity index (χ2n) is 11.8. The maximum Gasteiger partial charge on any atom is 0.135 e. The topological polar surface area (TPSA) is 52.6 Å². The number of furan rings is 4. The van der Waals surface area contributed by atoms with E-state index >= 15 is 0 Å². The van der Waals surface area contributed by atoms with E-state index in [9.17, 15) is 0 Å². The number of fused-ring (bicyclic) bond motifs is 5. The van der Waals surface area contributed by atoms with E-state index in [1.54, 1.807) is 12.5 Å². The van der Waals surface area contributed by atoms with E-state index < -0.39 is 0 Å². The Labute approximate surface area is 262 Å². The van der Waals surface area contributed by atoms with Gasteiger partial charge in [0.15, 0.2) is 0 Å². The molecule has 0 saturated heterocycles. The first-order valence-electron chi connectivity index (χ1n) is 15.3. The summed E-state index contributed by atoms with van der Waals surface area (Å²) in [7, 11) is 0. The van der Waals surface area contributed by atoms with Gasteiger partial charge in [0.1, 0.15) is 33.9 Å². The van der Waals surface area contributed by atoms with Gasteiger partial charge in [-0.15, -0.1) is 0 Å². The second kappa shape index (κ2) is 9.62. The molecule has 6 aromatic carbocycles. The summed E-state index contributed by atoms with van der Waals surface area (Å²) in [5.41, 5.74) is 10.2. The highest BCUT2D eigenvalue weighted by Gasteiger charge is 2.13. The molecular formula is C42H24O4. The van der Waals surface area contributed by atoms with Gasteiger partial charge in [0.05, 0.1) is 12.5 Å². The van der Waals surface area contributed by atoms with Gasteiger partial charge in [0.2, 0.25) is 0 Å². The highest BCUT2D eigenvalue weighted by Crippen LogP contribution is 2.36. The predicted molar refractivity (Wildman–Crippen MR) is 185 cm³/mol. The maximum atomic E-state index is 6.37. The van der Waals surface area contributed by atoms with Gasteiger partial charge in [-0.05, 0) is 106 Å². The molecule has 10 rings (SSSR count). The molecule has 0 aliphatic heterocycles. The van der Waals surface area contributed by atoms with Crippen LogP contribution in [0.5, 0.6) is 0 Å². The van der Waals surface area contributed by atoms with Gasteiger partial charge < -0.3 is 17.7 Å². The van der Waals surface area contributed by atoms with Crippen LogP contribution in [0, 0.1) is 0 Å². The van der Waals surface area contributed by atoms with Crippen LogP contribution >= 0.6 is 0 Å². The molecule has 0 aliphatic carbocycles. The van der Waals surface area contributed by atoms with Crippen molar-refractivity contribution in [2.24, 2.45) is 0 Å². The lowest BCUT2D eigenvalue weighted by Gasteiger charge is -2.03. The number of rotatable bonds is 4. The standard InChI is InChI=1S/C42H24O4/c1-5-27(6-2-25(1)29-9-11-37-31(17-29)13-15-43-37)39-23-35-19-33-22-42-36(20-34(33)21-41(35)45-39)24-40(46-42)28-7-3-26(4-8-28)30-10-12-38-32(18-30)14-16-44-38/h1-24H. The molecule has 0 fully saturated rings. The predicted octanol–water partition coefficient (Wildman–Crippen LogP) is 12.5. The van der Waals surface area contributed by atoms with Crippen molar-refractivity contribution in [3.8, 4) is 44.9 Å². The van der Waals surface area contributed by atoms with E-state index in [2.05, 4.69) is 109 Å². The molecule has 0 unspecified atom stereocenters. The van der Waals surface area contributed by atoms with Gasteiger partial charge in [0, 0.05) is 32.7 Å². The first-order valence-corrected chi connectivity index (χ1v) is 15.3.